The van der Waals surface area contributed by atoms with Gasteiger partial charge in [0.25, 0.3) is 5.56 Å². The van der Waals surface area contributed by atoms with Gasteiger partial charge >= 0.3 is 0 Å². The normalized spacial score (nSPS) is 7.91. The maximum atomic E-state index is 10.5. The molecule has 0 aliphatic rings. The first kappa shape index (κ1) is 9.75. The standard InChI is InChI=1S/C6H7NO2.C2H6/c1-9-5-2-3-7-6(8)4-5;1-2/h2-4H,1H3,(H,7,8);1-2H3. The van der Waals surface area contributed by atoms with Crippen molar-refractivity contribution in [1.29, 1.82) is 0 Å². The highest BCUT2D eigenvalue weighted by atomic mass is 16.5. The third kappa shape index (κ3) is 3.45. The summed E-state index contributed by atoms with van der Waals surface area (Å²) in [6.45, 7) is 4.00. The lowest BCUT2D eigenvalue weighted by atomic mass is 10.4. The Bertz CT molecular complexity index is 242. The van der Waals surface area contributed by atoms with Crippen molar-refractivity contribution in [2.75, 3.05) is 7.11 Å². The molecule has 0 aromatic carbocycles. The zero-order valence-corrected chi connectivity index (χ0v) is 7.05. The van der Waals surface area contributed by atoms with Crippen molar-refractivity contribution in [2.24, 2.45) is 0 Å². The van der Waals surface area contributed by atoms with Gasteiger partial charge in [-0.2, -0.15) is 0 Å². The van der Waals surface area contributed by atoms with E-state index in [9.17, 15) is 4.79 Å². The highest BCUT2D eigenvalue weighted by Crippen LogP contribution is 2.00. The third-order valence-electron chi connectivity index (χ3n) is 0.982. The van der Waals surface area contributed by atoms with Gasteiger partial charge in [-0.05, 0) is 6.07 Å². The third-order valence-corrected chi connectivity index (χ3v) is 0.982. The Labute approximate surface area is 66.0 Å². The summed E-state index contributed by atoms with van der Waals surface area (Å²) in [5, 5.41) is 0. The maximum absolute atomic E-state index is 10.5. The lowest BCUT2D eigenvalue weighted by molar-refractivity contribution is 0.413. The van der Waals surface area contributed by atoms with Gasteiger partial charge in [0.1, 0.15) is 5.75 Å². The molecule has 1 aromatic rings. The highest BCUT2D eigenvalue weighted by Gasteiger charge is 1.86. The fraction of sp³-hybridized carbons (Fsp3) is 0.375. The van der Waals surface area contributed by atoms with Gasteiger partial charge in [-0.3, -0.25) is 4.79 Å². The smallest absolute Gasteiger partial charge is 0.251 e. The summed E-state index contributed by atoms with van der Waals surface area (Å²) >= 11 is 0. The van der Waals surface area contributed by atoms with E-state index in [1.807, 2.05) is 13.8 Å². The number of hydrogen-bond acceptors (Lipinski definition) is 2. The predicted molar refractivity (Wildman–Crippen MR) is 45.0 cm³/mol. The van der Waals surface area contributed by atoms with E-state index in [0.717, 1.165) is 0 Å². The summed E-state index contributed by atoms with van der Waals surface area (Å²) in [7, 11) is 1.52. The number of ether oxygens (including phenoxy) is 1. The molecule has 62 valence electrons. The van der Waals surface area contributed by atoms with Gasteiger partial charge in [-0.25, -0.2) is 0 Å². The molecule has 0 saturated carbocycles. The van der Waals surface area contributed by atoms with Crippen molar-refractivity contribution in [3.05, 3.63) is 28.7 Å². The van der Waals surface area contributed by atoms with E-state index >= 15 is 0 Å². The molecule has 0 bridgehead atoms. The highest BCUT2D eigenvalue weighted by molar-refractivity contribution is 5.16. The average Bonchev–Trinajstić information content (AvgIpc) is 2.08. The van der Waals surface area contributed by atoms with Crippen LogP contribution >= 0.6 is 0 Å². The molecule has 0 atom stereocenters. The molecule has 1 aromatic heterocycles. The Kier molecular flexibility index (Phi) is 4.90. The molecule has 3 nitrogen and oxygen atoms in total. The molecule has 0 amide bonds. The first-order chi connectivity index (χ1) is 5.33. The fourth-order valence-corrected chi connectivity index (χ4v) is 0.552. The van der Waals surface area contributed by atoms with Crippen LogP contribution in [0.3, 0.4) is 0 Å². The van der Waals surface area contributed by atoms with E-state index in [1.165, 1.54) is 13.2 Å². The second-order valence-electron chi connectivity index (χ2n) is 1.59. The van der Waals surface area contributed by atoms with E-state index in [4.69, 9.17) is 4.74 Å². The molecule has 1 rings (SSSR count). The van der Waals surface area contributed by atoms with E-state index < -0.39 is 0 Å². The average molecular weight is 155 g/mol. The number of H-pyrrole nitrogens is 1. The van der Waals surface area contributed by atoms with Crippen molar-refractivity contribution < 1.29 is 4.74 Å². The summed E-state index contributed by atoms with van der Waals surface area (Å²) in [6, 6.07) is 3.07. The SMILES string of the molecule is CC.COc1cc[nH]c(=O)c1. The zero-order chi connectivity index (χ0) is 8.69. The van der Waals surface area contributed by atoms with Gasteiger partial charge < -0.3 is 9.72 Å². The molecule has 11 heavy (non-hydrogen) atoms. The number of nitrogens with one attached hydrogen (secondary N) is 1. The van der Waals surface area contributed by atoms with E-state index in [2.05, 4.69) is 4.98 Å². The van der Waals surface area contributed by atoms with Crippen LogP contribution < -0.4 is 10.3 Å². The number of aromatic nitrogens is 1. The molecule has 0 radical (unpaired) electrons. The Balaban J connectivity index is 0.000000461. The first-order valence-electron chi connectivity index (χ1n) is 3.55. The fourth-order valence-electron chi connectivity index (χ4n) is 0.552. The summed E-state index contributed by atoms with van der Waals surface area (Å²) < 4.78 is 4.78. The predicted octanol–water partition coefficient (Wildman–Crippen LogP) is 1.41. The number of pyridine rings is 1. The van der Waals surface area contributed by atoms with Gasteiger partial charge in [0.15, 0.2) is 0 Å². The van der Waals surface area contributed by atoms with Crippen LogP contribution in [-0.2, 0) is 0 Å². The van der Waals surface area contributed by atoms with Crippen molar-refractivity contribution in [2.45, 2.75) is 13.8 Å². The van der Waals surface area contributed by atoms with Crippen LogP contribution in [0, 0.1) is 0 Å². The lowest BCUT2D eigenvalue weighted by Gasteiger charge is -1.93. The molecule has 0 fully saturated rings. The van der Waals surface area contributed by atoms with Crippen LogP contribution in [0.2, 0.25) is 0 Å². The van der Waals surface area contributed by atoms with Gasteiger partial charge in [0.05, 0.1) is 7.11 Å². The number of methoxy groups -OCH3 is 1. The Hall–Kier alpha value is -1.25. The van der Waals surface area contributed by atoms with Crippen LogP contribution in [-0.4, -0.2) is 12.1 Å². The molecular weight excluding hydrogens is 142 g/mol. The van der Waals surface area contributed by atoms with Crippen LogP contribution in [0.15, 0.2) is 23.1 Å². The maximum Gasteiger partial charge on any atom is 0.251 e. The van der Waals surface area contributed by atoms with Crippen molar-refractivity contribution in [1.82, 2.24) is 4.98 Å². The van der Waals surface area contributed by atoms with Gasteiger partial charge in [0.2, 0.25) is 0 Å². The van der Waals surface area contributed by atoms with E-state index in [-0.39, 0.29) is 5.56 Å². The summed E-state index contributed by atoms with van der Waals surface area (Å²) in [5.41, 5.74) is -0.144. The van der Waals surface area contributed by atoms with Gasteiger partial charge in [-0.15, -0.1) is 0 Å². The quantitative estimate of drug-likeness (QED) is 0.666. The molecule has 0 spiro atoms. The molecular formula is C8H13NO2. The van der Waals surface area contributed by atoms with E-state index in [1.54, 1.807) is 12.3 Å². The van der Waals surface area contributed by atoms with Crippen molar-refractivity contribution >= 4 is 0 Å². The van der Waals surface area contributed by atoms with Crippen LogP contribution in [0.4, 0.5) is 0 Å². The molecule has 0 unspecified atom stereocenters. The topological polar surface area (TPSA) is 42.1 Å². The number of rotatable bonds is 1. The molecule has 0 aliphatic carbocycles. The Morgan fingerprint density at radius 1 is 1.45 bits per heavy atom. The summed E-state index contributed by atoms with van der Waals surface area (Å²) in [5.74, 6) is 0.582. The minimum Gasteiger partial charge on any atom is -0.497 e. The molecule has 0 saturated heterocycles. The number of hydrogen-bond donors (Lipinski definition) is 1. The van der Waals surface area contributed by atoms with Crippen molar-refractivity contribution in [3.8, 4) is 5.75 Å². The van der Waals surface area contributed by atoms with Crippen LogP contribution in [0.5, 0.6) is 5.75 Å². The molecule has 1 heterocycles. The van der Waals surface area contributed by atoms with Gasteiger partial charge in [-0.1, -0.05) is 13.8 Å². The van der Waals surface area contributed by atoms with Crippen LogP contribution in [0.25, 0.3) is 0 Å². The zero-order valence-electron chi connectivity index (χ0n) is 7.05. The van der Waals surface area contributed by atoms with E-state index in [0.29, 0.717) is 5.75 Å². The lowest BCUT2D eigenvalue weighted by Crippen LogP contribution is -2.01. The molecule has 1 N–H and O–H groups in total. The van der Waals surface area contributed by atoms with Gasteiger partial charge in [0, 0.05) is 12.3 Å². The first-order valence-corrected chi connectivity index (χ1v) is 3.55. The minimum atomic E-state index is -0.144. The Morgan fingerprint density at radius 2 is 2.09 bits per heavy atom. The van der Waals surface area contributed by atoms with Crippen LogP contribution in [0.1, 0.15) is 13.8 Å². The molecule has 0 aliphatic heterocycles. The molecule has 3 heteroatoms. The second kappa shape index (κ2) is 5.53. The Morgan fingerprint density at radius 3 is 2.45 bits per heavy atom. The second-order valence-corrected chi connectivity index (χ2v) is 1.59. The van der Waals surface area contributed by atoms with Crippen molar-refractivity contribution in [3.63, 3.8) is 0 Å². The summed E-state index contributed by atoms with van der Waals surface area (Å²) in [4.78, 5) is 13.0. The monoisotopic (exact) mass is 155 g/mol. The largest absolute Gasteiger partial charge is 0.497 e. The number of aromatic amines is 1. The minimum absolute atomic E-state index is 0.144. The summed E-state index contributed by atoms with van der Waals surface area (Å²) in [6.07, 6.45) is 1.54.